The number of amides is 2. The van der Waals surface area contributed by atoms with Gasteiger partial charge in [0, 0.05) is 13.6 Å². The number of nitrogens with one attached hydrogen (secondary N) is 1. The van der Waals surface area contributed by atoms with Crippen LogP contribution in [0.25, 0.3) is 0 Å². The first-order chi connectivity index (χ1) is 12.9. The number of likely N-dealkylation sites (N-methyl/N-ethyl adjacent to an activating group) is 1. The van der Waals surface area contributed by atoms with Crippen LogP contribution < -0.4 is 10.1 Å². The summed E-state index contributed by atoms with van der Waals surface area (Å²) in [6.07, 6.45) is 0.232. The van der Waals surface area contributed by atoms with Crippen molar-refractivity contribution in [1.82, 2.24) is 10.2 Å². The summed E-state index contributed by atoms with van der Waals surface area (Å²) in [4.78, 5) is 36.1. The second-order valence-corrected chi connectivity index (χ2v) is 6.02. The number of benzene rings is 2. The molecule has 0 radical (unpaired) electrons. The van der Waals surface area contributed by atoms with Gasteiger partial charge in [-0.05, 0) is 23.3 Å². The normalized spacial score (nSPS) is 10.1. The molecule has 0 fully saturated rings. The Morgan fingerprint density at radius 3 is 2.30 bits per heavy atom. The molecule has 142 valence electrons. The van der Waals surface area contributed by atoms with Crippen LogP contribution in [0.2, 0.25) is 0 Å². The lowest BCUT2D eigenvalue weighted by Crippen LogP contribution is -2.38. The molecule has 0 heterocycles. The van der Waals surface area contributed by atoms with Gasteiger partial charge in [0.25, 0.3) is 0 Å². The summed E-state index contributed by atoms with van der Waals surface area (Å²) >= 11 is 0. The van der Waals surface area contributed by atoms with E-state index in [1.807, 2.05) is 30.3 Å². The van der Waals surface area contributed by atoms with Gasteiger partial charge in [0.2, 0.25) is 11.8 Å². The van der Waals surface area contributed by atoms with Gasteiger partial charge in [-0.3, -0.25) is 9.59 Å². The first-order valence-electron chi connectivity index (χ1n) is 8.42. The van der Waals surface area contributed by atoms with E-state index in [2.05, 4.69) is 5.32 Å². The molecule has 0 spiro atoms. The minimum Gasteiger partial charge on any atom is -0.482 e. The number of carbonyl (C=O) groups excluding carboxylic acids is 2. The molecule has 0 bridgehead atoms. The first-order valence-corrected chi connectivity index (χ1v) is 8.42. The molecular weight excluding hydrogens is 348 g/mol. The van der Waals surface area contributed by atoms with Gasteiger partial charge in [-0.25, -0.2) is 4.79 Å². The van der Waals surface area contributed by atoms with Gasteiger partial charge in [0.1, 0.15) is 5.75 Å². The van der Waals surface area contributed by atoms with Gasteiger partial charge in [-0.1, -0.05) is 42.5 Å². The summed E-state index contributed by atoms with van der Waals surface area (Å²) < 4.78 is 5.06. The average molecular weight is 370 g/mol. The summed E-state index contributed by atoms with van der Waals surface area (Å²) in [5.74, 6) is -1.01. The van der Waals surface area contributed by atoms with E-state index in [0.717, 1.165) is 11.1 Å². The minimum absolute atomic E-state index is 0.0675. The number of rotatable bonds is 9. The Bertz CT molecular complexity index is 775. The summed E-state index contributed by atoms with van der Waals surface area (Å²) in [6, 6.07) is 16.1. The quantitative estimate of drug-likeness (QED) is 0.697. The zero-order valence-corrected chi connectivity index (χ0v) is 15.1. The number of carboxylic acids is 1. The van der Waals surface area contributed by atoms with E-state index in [4.69, 9.17) is 9.84 Å². The third-order valence-corrected chi connectivity index (χ3v) is 3.78. The second-order valence-electron chi connectivity index (χ2n) is 6.02. The predicted molar refractivity (Wildman–Crippen MR) is 99.2 cm³/mol. The molecule has 0 unspecified atom stereocenters. The van der Waals surface area contributed by atoms with E-state index in [1.165, 1.54) is 4.90 Å². The topological polar surface area (TPSA) is 95.9 Å². The highest BCUT2D eigenvalue weighted by atomic mass is 16.5. The summed E-state index contributed by atoms with van der Waals surface area (Å²) in [7, 11) is 1.65. The number of carbonyl (C=O) groups is 3. The molecule has 0 aliphatic heterocycles. The highest BCUT2D eigenvalue weighted by Crippen LogP contribution is 2.13. The lowest BCUT2D eigenvalue weighted by Gasteiger charge is -2.18. The Morgan fingerprint density at radius 2 is 1.67 bits per heavy atom. The maximum atomic E-state index is 12.2. The van der Waals surface area contributed by atoms with Crippen LogP contribution in [0.1, 0.15) is 11.1 Å². The third-order valence-electron chi connectivity index (χ3n) is 3.78. The van der Waals surface area contributed by atoms with Gasteiger partial charge in [0.15, 0.2) is 6.61 Å². The maximum Gasteiger partial charge on any atom is 0.341 e. The first kappa shape index (κ1) is 20.0. The summed E-state index contributed by atoms with van der Waals surface area (Å²) in [5.41, 5.74) is 1.75. The molecule has 0 aliphatic rings. The number of aliphatic carboxylic acids is 1. The fraction of sp³-hybridized carbons (Fsp3) is 0.250. The smallest absolute Gasteiger partial charge is 0.341 e. The van der Waals surface area contributed by atoms with E-state index in [-0.39, 0.29) is 24.8 Å². The molecule has 2 rings (SSSR count). The van der Waals surface area contributed by atoms with Crippen molar-refractivity contribution in [1.29, 1.82) is 0 Å². The molecule has 0 aliphatic carbocycles. The van der Waals surface area contributed by atoms with Gasteiger partial charge >= 0.3 is 5.97 Å². The van der Waals surface area contributed by atoms with Crippen LogP contribution in [0, 0.1) is 0 Å². The van der Waals surface area contributed by atoms with Gasteiger partial charge in [-0.15, -0.1) is 0 Å². The summed E-state index contributed by atoms with van der Waals surface area (Å²) in [6.45, 7) is -0.102. The minimum atomic E-state index is -1.04. The van der Waals surface area contributed by atoms with E-state index >= 15 is 0 Å². The molecule has 2 aromatic carbocycles. The molecule has 2 aromatic rings. The van der Waals surface area contributed by atoms with Crippen molar-refractivity contribution in [2.24, 2.45) is 0 Å². The van der Waals surface area contributed by atoms with Crippen LogP contribution in [0.5, 0.6) is 5.75 Å². The van der Waals surface area contributed by atoms with Crippen LogP contribution in [-0.2, 0) is 27.3 Å². The number of ether oxygens (including phenoxy) is 1. The van der Waals surface area contributed by atoms with Crippen molar-refractivity contribution in [3.63, 3.8) is 0 Å². The largest absolute Gasteiger partial charge is 0.482 e. The molecule has 0 atom stereocenters. The summed E-state index contributed by atoms with van der Waals surface area (Å²) in [5, 5.41) is 11.2. The average Bonchev–Trinajstić information content (AvgIpc) is 2.66. The third kappa shape index (κ3) is 7.19. The van der Waals surface area contributed by atoms with Gasteiger partial charge < -0.3 is 20.1 Å². The van der Waals surface area contributed by atoms with Gasteiger partial charge in [-0.2, -0.15) is 0 Å². The fourth-order valence-electron chi connectivity index (χ4n) is 2.35. The van der Waals surface area contributed by atoms with Crippen LogP contribution >= 0.6 is 0 Å². The Balaban J connectivity index is 1.76. The van der Waals surface area contributed by atoms with Crippen molar-refractivity contribution < 1.29 is 24.2 Å². The zero-order valence-electron chi connectivity index (χ0n) is 15.1. The molecule has 2 N–H and O–H groups in total. The Labute approximate surface area is 157 Å². The van der Waals surface area contributed by atoms with Gasteiger partial charge in [0.05, 0.1) is 13.0 Å². The van der Waals surface area contributed by atoms with E-state index in [9.17, 15) is 14.4 Å². The molecule has 0 saturated carbocycles. The standard InChI is InChI=1S/C20H22N2O5/c1-22(13-16-7-9-17(10-8-16)27-14-20(25)26)19(24)12-21-18(23)11-15-5-3-2-4-6-15/h2-10H,11-14H2,1H3,(H,21,23)(H,25,26). The van der Waals surface area contributed by atoms with Crippen LogP contribution in [-0.4, -0.2) is 48.0 Å². The van der Waals surface area contributed by atoms with Crippen LogP contribution in [0.15, 0.2) is 54.6 Å². The Morgan fingerprint density at radius 1 is 1.00 bits per heavy atom. The van der Waals surface area contributed by atoms with E-state index in [0.29, 0.717) is 12.3 Å². The highest BCUT2D eigenvalue weighted by Gasteiger charge is 2.11. The number of carboxylic acid groups (broad SMARTS) is 1. The van der Waals surface area contributed by atoms with Crippen LogP contribution in [0.3, 0.4) is 0 Å². The molecule has 7 heteroatoms. The lowest BCUT2D eigenvalue weighted by molar-refractivity contribution is -0.139. The number of nitrogens with zero attached hydrogens (tertiary/aromatic N) is 1. The molecule has 7 nitrogen and oxygen atoms in total. The molecular formula is C20H22N2O5. The Kier molecular flexibility index (Phi) is 7.37. The van der Waals surface area contributed by atoms with Crippen molar-refractivity contribution in [3.8, 4) is 5.75 Å². The zero-order chi connectivity index (χ0) is 19.6. The fourth-order valence-corrected chi connectivity index (χ4v) is 2.35. The number of hydrogen-bond acceptors (Lipinski definition) is 4. The maximum absolute atomic E-state index is 12.2. The van der Waals surface area contributed by atoms with Crippen molar-refractivity contribution in [2.75, 3.05) is 20.2 Å². The van der Waals surface area contributed by atoms with Crippen molar-refractivity contribution >= 4 is 17.8 Å². The van der Waals surface area contributed by atoms with E-state index < -0.39 is 12.6 Å². The Hall–Kier alpha value is -3.35. The monoisotopic (exact) mass is 370 g/mol. The lowest BCUT2D eigenvalue weighted by atomic mass is 10.1. The highest BCUT2D eigenvalue weighted by molar-refractivity contribution is 5.85. The number of hydrogen-bond donors (Lipinski definition) is 2. The molecule has 27 heavy (non-hydrogen) atoms. The predicted octanol–water partition coefficient (Wildman–Crippen LogP) is 1.47. The van der Waals surface area contributed by atoms with Crippen molar-refractivity contribution in [2.45, 2.75) is 13.0 Å². The second kappa shape index (κ2) is 9.96. The van der Waals surface area contributed by atoms with Crippen LogP contribution in [0.4, 0.5) is 0 Å². The molecule has 2 amide bonds. The molecule has 0 aromatic heterocycles. The van der Waals surface area contributed by atoms with Crippen molar-refractivity contribution in [3.05, 3.63) is 65.7 Å². The molecule has 0 saturated heterocycles. The van der Waals surface area contributed by atoms with E-state index in [1.54, 1.807) is 31.3 Å². The SMILES string of the molecule is CN(Cc1ccc(OCC(=O)O)cc1)C(=O)CNC(=O)Cc1ccccc1.